The monoisotopic (exact) mass is 286 g/mol. The molecule has 0 spiro atoms. The molecule has 3 rings (SSSR count). The van der Waals surface area contributed by atoms with Gasteiger partial charge in [-0.25, -0.2) is 0 Å². The van der Waals surface area contributed by atoms with E-state index < -0.39 is 0 Å². The molecule has 1 heterocycles. The predicted molar refractivity (Wildman–Crippen MR) is 84.2 cm³/mol. The van der Waals surface area contributed by atoms with Crippen LogP contribution in [-0.4, -0.2) is 31.1 Å². The molecule has 104 valence electrons. The summed E-state index contributed by atoms with van der Waals surface area (Å²) in [6.07, 6.45) is 0. The van der Waals surface area contributed by atoms with E-state index in [2.05, 4.69) is 52.7 Å². The molecule has 0 saturated carbocycles. The van der Waals surface area contributed by atoms with Gasteiger partial charge in [0.25, 0.3) is 0 Å². The van der Waals surface area contributed by atoms with Crippen LogP contribution in [0.2, 0.25) is 5.02 Å². The summed E-state index contributed by atoms with van der Waals surface area (Å²) in [7, 11) is 0. The third-order valence-corrected chi connectivity index (χ3v) is 4.18. The second-order valence-electron chi connectivity index (χ2n) is 5.12. The molecule has 3 heteroatoms. The summed E-state index contributed by atoms with van der Waals surface area (Å²) in [4.78, 5) is 2.51. The van der Waals surface area contributed by atoms with Gasteiger partial charge in [0.2, 0.25) is 0 Å². The zero-order chi connectivity index (χ0) is 13.8. The van der Waals surface area contributed by atoms with Gasteiger partial charge in [0.1, 0.15) is 0 Å². The van der Waals surface area contributed by atoms with E-state index >= 15 is 0 Å². The van der Waals surface area contributed by atoms with Crippen LogP contribution in [0, 0.1) is 0 Å². The van der Waals surface area contributed by atoms with E-state index in [4.69, 9.17) is 11.6 Å². The first-order chi connectivity index (χ1) is 9.86. The van der Waals surface area contributed by atoms with Crippen LogP contribution in [0.1, 0.15) is 17.2 Å². The van der Waals surface area contributed by atoms with Crippen molar-refractivity contribution in [1.29, 1.82) is 0 Å². The Bertz CT molecular complexity index is 550. The quantitative estimate of drug-likeness (QED) is 0.931. The molecule has 0 amide bonds. The smallest absolute Gasteiger partial charge is 0.0617 e. The van der Waals surface area contributed by atoms with E-state index in [0.29, 0.717) is 0 Å². The van der Waals surface area contributed by atoms with Gasteiger partial charge in [-0.1, -0.05) is 60.1 Å². The molecule has 2 aromatic carbocycles. The summed E-state index contributed by atoms with van der Waals surface area (Å²) >= 11 is 6.45. The van der Waals surface area contributed by atoms with E-state index in [1.54, 1.807) is 0 Å². The number of hydrogen-bond acceptors (Lipinski definition) is 2. The zero-order valence-corrected chi connectivity index (χ0v) is 12.2. The normalized spacial score (nSPS) is 17.9. The Morgan fingerprint density at radius 3 is 2.25 bits per heavy atom. The fourth-order valence-corrected chi connectivity index (χ4v) is 3.10. The van der Waals surface area contributed by atoms with Crippen molar-refractivity contribution in [2.75, 3.05) is 26.2 Å². The standard InChI is InChI=1S/C17H19ClN2/c18-16-9-5-4-8-15(16)17(14-6-2-1-3-7-14)20-12-10-19-11-13-20/h1-9,17,19H,10-13H2/t17-/m0/s1. The van der Waals surface area contributed by atoms with Gasteiger partial charge in [-0.15, -0.1) is 0 Å². The lowest BCUT2D eigenvalue weighted by molar-refractivity contribution is 0.198. The van der Waals surface area contributed by atoms with Gasteiger partial charge >= 0.3 is 0 Å². The van der Waals surface area contributed by atoms with E-state index in [9.17, 15) is 0 Å². The first-order valence-electron chi connectivity index (χ1n) is 7.10. The molecule has 1 saturated heterocycles. The number of hydrogen-bond donors (Lipinski definition) is 1. The summed E-state index contributed by atoms with van der Waals surface area (Å²) in [6.45, 7) is 4.16. The minimum Gasteiger partial charge on any atom is -0.314 e. The van der Waals surface area contributed by atoms with E-state index in [0.717, 1.165) is 31.2 Å². The summed E-state index contributed by atoms with van der Waals surface area (Å²) in [5, 5.41) is 4.26. The molecule has 1 fully saturated rings. The Morgan fingerprint density at radius 2 is 1.55 bits per heavy atom. The van der Waals surface area contributed by atoms with Crippen LogP contribution in [0.5, 0.6) is 0 Å². The van der Waals surface area contributed by atoms with Crippen molar-refractivity contribution < 1.29 is 0 Å². The molecule has 0 aliphatic carbocycles. The fourth-order valence-electron chi connectivity index (χ4n) is 2.86. The number of nitrogens with one attached hydrogen (secondary N) is 1. The number of nitrogens with zero attached hydrogens (tertiary/aromatic N) is 1. The molecule has 1 N–H and O–H groups in total. The molecule has 1 aliphatic rings. The maximum absolute atomic E-state index is 6.45. The van der Waals surface area contributed by atoms with Crippen molar-refractivity contribution in [3.8, 4) is 0 Å². The molecule has 0 aromatic heterocycles. The molecular formula is C17H19ClN2. The average Bonchev–Trinajstić information content (AvgIpc) is 2.52. The highest BCUT2D eigenvalue weighted by Crippen LogP contribution is 2.33. The second-order valence-corrected chi connectivity index (χ2v) is 5.53. The summed E-state index contributed by atoms with van der Waals surface area (Å²) in [5.74, 6) is 0. The van der Waals surface area contributed by atoms with Crippen molar-refractivity contribution in [3.05, 3.63) is 70.7 Å². The van der Waals surface area contributed by atoms with Crippen LogP contribution < -0.4 is 5.32 Å². The lowest BCUT2D eigenvalue weighted by Gasteiger charge is -2.36. The van der Waals surface area contributed by atoms with Gasteiger partial charge in [-0.05, 0) is 17.2 Å². The van der Waals surface area contributed by atoms with Crippen LogP contribution in [-0.2, 0) is 0 Å². The van der Waals surface area contributed by atoms with E-state index in [1.807, 2.05) is 12.1 Å². The Morgan fingerprint density at radius 1 is 0.900 bits per heavy atom. The number of rotatable bonds is 3. The largest absolute Gasteiger partial charge is 0.314 e. The summed E-state index contributed by atoms with van der Waals surface area (Å²) in [5.41, 5.74) is 2.50. The van der Waals surface area contributed by atoms with Gasteiger partial charge in [-0.2, -0.15) is 0 Å². The van der Waals surface area contributed by atoms with Crippen molar-refractivity contribution in [2.45, 2.75) is 6.04 Å². The highest BCUT2D eigenvalue weighted by atomic mass is 35.5. The van der Waals surface area contributed by atoms with Crippen LogP contribution in [0.25, 0.3) is 0 Å². The molecule has 20 heavy (non-hydrogen) atoms. The third kappa shape index (κ3) is 2.88. The fraction of sp³-hybridized carbons (Fsp3) is 0.294. The Labute approximate surface area is 125 Å². The molecule has 1 aliphatic heterocycles. The highest BCUT2D eigenvalue weighted by molar-refractivity contribution is 6.31. The van der Waals surface area contributed by atoms with Crippen LogP contribution >= 0.6 is 11.6 Å². The molecule has 1 atom stereocenters. The SMILES string of the molecule is Clc1ccccc1[C@H](c1ccccc1)N1CCNCC1. The molecular weight excluding hydrogens is 268 g/mol. The van der Waals surface area contributed by atoms with Crippen molar-refractivity contribution in [2.24, 2.45) is 0 Å². The van der Waals surface area contributed by atoms with Crippen molar-refractivity contribution in [1.82, 2.24) is 10.2 Å². The third-order valence-electron chi connectivity index (χ3n) is 3.83. The molecule has 0 bridgehead atoms. The number of piperazine rings is 1. The minimum atomic E-state index is 0.243. The zero-order valence-electron chi connectivity index (χ0n) is 11.4. The van der Waals surface area contributed by atoms with Gasteiger partial charge < -0.3 is 5.32 Å². The molecule has 2 aromatic rings. The summed E-state index contributed by atoms with van der Waals surface area (Å²) in [6, 6.07) is 19.1. The van der Waals surface area contributed by atoms with Crippen LogP contribution in [0.3, 0.4) is 0 Å². The second kappa shape index (κ2) is 6.40. The van der Waals surface area contributed by atoms with Gasteiger partial charge in [0.15, 0.2) is 0 Å². The minimum absolute atomic E-state index is 0.243. The van der Waals surface area contributed by atoms with E-state index in [1.165, 1.54) is 11.1 Å². The van der Waals surface area contributed by atoms with E-state index in [-0.39, 0.29) is 6.04 Å². The maximum Gasteiger partial charge on any atom is 0.0617 e. The lowest BCUT2D eigenvalue weighted by atomic mass is 9.96. The number of benzene rings is 2. The molecule has 2 nitrogen and oxygen atoms in total. The lowest BCUT2D eigenvalue weighted by Crippen LogP contribution is -2.45. The highest BCUT2D eigenvalue weighted by Gasteiger charge is 2.25. The Kier molecular flexibility index (Phi) is 4.36. The first-order valence-corrected chi connectivity index (χ1v) is 7.48. The Balaban J connectivity index is 2.01. The van der Waals surface area contributed by atoms with Crippen molar-refractivity contribution in [3.63, 3.8) is 0 Å². The van der Waals surface area contributed by atoms with Crippen LogP contribution in [0.15, 0.2) is 54.6 Å². The Hall–Kier alpha value is -1.35. The molecule has 0 unspecified atom stereocenters. The predicted octanol–water partition coefficient (Wildman–Crippen LogP) is 3.33. The van der Waals surface area contributed by atoms with Crippen molar-refractivity contribution >= 4 is 11.6 Å². The topological polar surface area (TPSA) is 15.3 Å². The maximum atomic E-state index is 6.45. The van der Waals surface area contributed by atoms with Gasteiger partial charge in [0.05, 0.1) is 6.04 Å². The number of halogens is 1. The van der Waals surface area contributed by atoms with Gasteiger partial charge in [-0.3, -0.25) is 4.90 Å². The average molecular weight is 287 g/mol. The van der Waals surface area contributed by atoms with Gasteiger partial charge in [0, 0.05) is 31.2 Å². The molecule has 0 radical (unpaired) electrons. The van der Waals surface area contributed by atoms with Crippen LogP contribution in [0.4, 0.5) is 0 Å². The first kappa shape index (κ1) is 13.6. The summed E-state index contributed by atoms with van der Waals surface area (Å²) < 4.78 is 0.